The summed E-state index contributed by atoms with van der Waals surface area (Å²) in [6.07, 6.45) is 5.04. The van der Waals surface area contributed by atoms with Crippen LogP contribution in [0.2, 0.25) is 0 Å². The van der Waals surface area contributed by atoms with Crippen molar-refractivity contribution in [3.63, 3.8) is 0 Å². The van der Waals surface area contributed by atoms with Crippen molar-refractivity contribution >= 4 is 18.3 Å². The van der Waals surface area contributed by atoms with Gasteiger partial charge in [0.2, 0.25) is 5.91 Å². The Morgan fingerprint density at radius 3 is 2.47 bits per heavy atom. The number of amides is 1. The molecule has 2 aliphatic rings. The fraction of sp³-hybridized carbons (Fsp3) is 0.923. The van der Waals surface area contributed by atoms with Crippen molar-refractivity contribution in [2.24, 2.45) is 17.8 Å². The van der Waals surface area contributed by atoms with Crippen LogP contribution in [0.4, 0.5) is 0 Å². The lowest BCUT2D eigenvalue weighted by molar-refractivity contribution is -0.128. The van der Waals surface area contributed by atoms with Crippen LogP contribution < -0.4 is 10.6 Å². The second kappa shape index (κ2) is 6.60. The normalized spacial score (nSPS) is 30.9. The Bertz CT molecular complexity index is 256. The molecule has 0 aromatic heterocycles. The van der Waals surface area contributed by atoms with Crippen LogP contribution in [-0.2, 0) is 4.79 Å². The van der Waals surface area contributed by atoms with Crippen molar-refractivity contribution < 1.29 is 4.79 Å². The molecule has 100 valence electrons. The van der Waals surface area contributed by atoms with Crippen molar-refractivity contribution in [3.05, 3.63) is 0 Å². The van der Waals surface area contributed by atoms with Gasteiger partial charge in [0.15, 0.2) is 0 Å². The molecule has 1 saturated carbocycles. The third kappa shape index (κ3) is 3.59. The van der Waals surface area contributed by atoms with E-state index in [9.17, 15) is 4.79 Å². The van der Waals surface area contributed by atoms with E-state index >= 15 is 0 Å². The Hall–Kier alpha value is -0.280. The molecule has 1 aliphatic carbocycles. The van der Waals surface area contributed by atoms with Crippen molar-refractivity contribution in [3.8, 4) is 0 Å². The first-order valence-electron chi connectivity index (χ1n) is 6.69. The van der Waals surface area contributed by atoms with Crippen molar-refractivity contribution in [1.29, 1.82) is 0 Å². The minimum Gasteiger partial charge on any atom is -0.353 e. The van der Waals surface area contributed by atoms with Crippen molar-refractivity contribution in [2.45, 2.75) is 45.6 Å². The molecule has 3 atom stereocenters. The van der Waals surface area contributed by atoms with Crippen LogP contribution in [0, 0.1) is 17.8 Å². The highest BCUT2D eigenvalue weighted by Crippen LogP contribution is 2.24. The molecule has 0 radical (unpaired) electrons. The molecule has 2 rings (SSSR count). The second-order valence-electron chi connectivity index (χ2n) is 5.58. The Balaban J connectivity index is 0.00000144. The molecule has 0 spiro atoms. The summed E-state index contributed by atoms with van der Waals surface area (Å²) < 4.78 is 0. The average Bonchev–Trinajstić information content (AvgIpc) is 2.18. The van der Waals surface area contributed by atoms with Crippen molar-refractivity contribution in [1.82, 2.24) is 10.6 Å². The van der Waals surface area contributed by atoms with E-state index in [1.54, 1.807) is 0 Å². The Kier molecular flexibility index (Phi) is 5.74. The predicted molar refractivity (Wildman–Crippen MR) is 72.3 cm³/mol. The van der Waals surface area contributed by atoms with Crippen LogP contribution in [0.15, 0.2) is 0 Å². The number of carbonyl (C=O) groups is 1. The predicted octanol–water partition coefficient (Wildman–Crippen LogP) is 1.96. The Morgan fingerprint density at radius 2 is 1.94 bits per heavy atom. The third-order valence-electron chi connectivity index (χ3n) is 4.37. The number of halogens is 1. The lowest BCUT2D eigenvalue weighted by Crippen LogP contribution is -2.52. The second-order valence-corrected chi connectivity index (χ2v) is 5.58. The molecule has 2 N–H and O–H groups in total. The average molecular weight is 261 g/mol. The van der Waals surface area contributed by atoms with E-state index in [1.165, 1.54) is 25.7 Å². The van der Waals surface area contributed by atoms with E-state index in [1.807, 2.05) is 0 Å². The Morgan fingerprint density at radius 1 is 1.29 bits per heavy atom. The van der Waals surface area contributed by atoms with Gasteiger partial charge in [-0.05, 0) is 37.8 Å². The summed E-state index contributed by atoms with van der Waals surface area (Å²) in [4.78, 5) is 12.1. The summed E-state index contributed by atoms with van der Waals surface area (Å²) >= 11 is 0. The van der Waals surface area contributed by atoms with Crippen LogP contribution >= 0.6 is 12.4 Å². The number of hydrogen-bond donors (Lipinski definition) is 2. The smallest absolute Gasteiger partial charge is 0.223 e. The van der Waals surface area contributed by atoms with Gasteiger partial charge in [0.25, 0.3) is 0 Å². The van der Waals surface area contributed by atoms with Gasteiger partial charge in [-0.15, -0.1) is 12.4 Å². The van der Waals surface area contributed by atoms with Crippen LogP contribution in [0.1, 0.15) is 39.5 Å². The standard InChI is InChI=1S/C13H24N2O.ClH/c1-9-5-3-4-6-12(9)15-13(16)10(2)11-7-14-8-11;/h9-12,14H,3-8H2,1-2H3,(H,15,16);1H. The number of hydrogen-bond acceptors (Lipinski definition) is 2. The zero-order valence-corrected chi connectivity index (χ0v) is 11.7. The summed E-state index contributed by atoms with van der Waals surface area (Å²) in [5.74, 6) is 1.66. The van der Waals surface area contributed by atoms with Gasteiger partial charge < -0.3 is 10.6 Å². The summed E-state index contributed by atoms with van der Waals surface area (Å²) in [5.41, 5.74) is 0. The Labute approximate surface area is 111 Å². The van der Waals surface area contributed by atoms with Gasteiger partial charge in [0.1, 0.15) is 0 Å². The fourth-order valence-corrected chi connectivity index (χ4v) is 2.72. The van der Waals surface area contributed by atoms with Crippen molar-refractivity contribution in [2.75, 3.05) is 13.1 Å². The lowest BCUT2D eigenvalue weighted by atomic mass is 9.84. The lowest BCUT2D eigenvalue weighted by Gasteiger charge is -2.35. The quantitative estimate of drug-likeness (QED) is 0.815. The van der Waals surface area contributed by atoms with Gasteiger partial charge in [-0.1, -0.05) is 26.7 Å². The van der Waals surface area contributed by atoms with Gasteiger partial charge >= 0.3 is 0 Å². The highest BCUT2D eigenvalue weighted by atomic mass is 35.5. The van der Waals surface area contributed by atoms with E-state index in [0.29, 0.717) is 17.9 Å². The molecular weight excluding hydrogens is 236 g/mol. The van der Waals surface area contributed by atoms with Crippen LogP contribution in [0.5, 0.6) is 0 Å². The first kappa shape index (κ1) is 14.8. The monoisotopic (exact) mass is 260 g/mol. The molecule has 4 heteroatoms. The molecule has 0 aromatic carbocycles. The highest BCUT2D eigenvalue weighted by Gasteiger charge is 2.31. The highest BCUT2D eigenvalue weighted by molar-refractivity contribution is 5.85. The molecule has 1 saturated heterocycles. The largest absolute Gasteiger partial charge is 0.353 e. The van der Waals surface area contributed by atoms with E-state index in [2.05, 4.69) is 24.5 Å². The molecule has 3 nitrogen and oxygen atoms in total. The number of rotatable bonds is 3. The van der Waals surface area contributed by atoms with E-state index in [-0.39, 0.29) is 24.2 Å². The maximum Gasteiger partial charge on any atom is 0.223 e. The van der Waals surface area contributed by atoms with E-state index < -0.39 is 0 Å². The molecule has 17 heavy (non-hydrogen) atoms. The summed E-state index contributed by atoms with van der Waals surface area (Å²) in [7, 11) is 0. The van der Waals surface area contributed by atoms with E-state index in [0.717, 1.165) is 13.1 Å². The summed E-state index contributed by atoms with van der Waals surface area (Å²) in [6.45, 7) is 6.34. The first-order chi connectivity index (χ1) is 7.68. The van der Waals surface area contributed by atoms with Gasteiger partial charge in [0.05, 0.1) is 0 Å². The molecule has 1 heterocycles. The topological polar surface area (TPSA) is 41.1 Å². The summed E-state index contributed by atoms with van der Waals surface area (Å²) in [5, 5.41) is 6.48. The minimum absolute atomic E-state index is 0. The molecule has 1 aliphatic heterocycles. The van der Waals surface area contributed by atoms with E-state index in [4.69, 9.17) is 0 Å². The minimum atomic E-state index is 0. The molecular formula is C13H25ClN2O. The summed E-state index contributed by atoms with van der Waals surface area (Å²) in [6, 6.07) is 0.428. The maximum absolute atomic E-state index is 12.1. The zero-order chi connectivity index (χ0) is 11.5. The molecule has 0 aromatic rings. The molecule has 2 fully saturated rings. The van der Waals surface area contributed by atoms with Gasteiger partial charge in [0, 0.05) is 12.0 Å². The van der Waals surface area contributed by atoms with Gasteiger partial charge in [-0.3, -0.25) is 4.79 Å². The van der Waals surface area contributed by atoms with Crippen LogP contribution in [0.3, 0.4) is 0 Å². The van der Waals surface area contributed by atoms with Crippen LogP contribution in [-0.4, -0.2) is 25.0 Å². The molecule has 3 unspecified atom stereocenters. The zero-order valence-electron chi connectivity index (χ0n) is 10.9. The SMILES string of the molecule is CC1CCCCC1NC(=O)C(C)C1CNC1.Cl. The third-order valence-corrected chi connectivity index (χ3v) is 4.37. The molecule has 0 bridgehead atoms. The fourth-order valence-electron chi connectivity index (χ4n) is 2.72. The maximum atomic E-state index is 12.1. The molecule has 1 amide bonds. The van der Waals surface area contributed by atoms with Gasteiger partial charge in [-0.2, -0.15) is 0 Å². The van der Waals surface area contributed by atoms with Crippen LogP contribution in [0.25, 0.3) is 0 Å². The van der Waals surface area contributed by atoms with Gasteiger partial charge in [-0.25, -0.2) is 0 Å². The number of carbonyl (C=O) groups excluding carboxylic acids is 1. The first-order valence-corrected chi connectivity index (χ1v) is 6.69. The number of nitrogens with one attached hydrogen (secondary N) is 2.